The quantitative estimate of drug-likeness (QED) is 0.0784. The van der Waals surface area contributed by atoms with Gasteiger partial charge in [0.2, 0.25) is 23.1 Å². The molecule has 0 bridgehead atoms. The van der Waals surface area contributed by atoms with Gasteiger partial charge in [-0.15, -0.1) is 0 Å². The Morgan fingerprint density at radius 1 is 0.312 bits per heavy atom. The number of cyclic esters (lactones) is 4. The number of hydrogen-bond acceptors (Lipinski definition) is 12. The number of halogens is 4. The van der Waals surface area contributed by atoms with E-state index in [0.29, 0.717) is 103 Å². The molecule has 0 amide bonds. The van der Waals surface area contributed by atoms with Gasteiger partial charge in [-0.05, 0) is 127 Å². The van der Waals surface area contributed by atoms with Crippen LogP contribution in [0, 0.1) is 23.7 Å². The van der Waals surface area contributed by atoms with Crippen LogP contribution in [0.25, 0.3) is 0 Å². The maximum absolute atomic E-state index is 14.9. The molecule has 12 nitrogen and oxygen atoms in total. The minimum atomic E-state index is -0.849. The first kappa shape index (κ1) is 78.8. The number of esters is 4. The second kappa shape index (κ2) is 44.8. The molecule has 0 aromatic rings. The van der Waals surface area contributed by atoms with Crippen LogP contribution in [-0.4, -0.2) is 71.4 Å². The SMILES string of the molecule is CC/C=C\C[C@H]1CC=C2C(=O)C(F)=C[C@@H]2CC=CCCCC(=O)O[C@H](C/C=C\CC)CC=C2C(=O)C(F)=CC2CC=CCCCC(=O)O[C@@H](C/C=C\CC)CC=C2C(=O)C(F)=C[C@@H]2CC=CCCCC(=O)O[C@H](C/C=C\CC)CC=C2C(=O)C(F)=CC2CC=CCCCC(=O)O1. The zero-order valence-corrected chi connectivity index (χ0v) is 56.7. The molecule has 0 aromatic carbocycles. The number of hydrogen-bond donors (Lipinski definition) is 0. The van der Waals surface area contributed by atoms with Crippen molar-refractivity contribution in [3.05, 3.63) is 191 Å². The minimum Gasteiger partial charge on any atom is -0.462 e. The third-order valence-electron chi connectivity index (χ3n) is 16.9. The molecule has 5 aliphatic rings. The van der Waals surface area contributed by atoms with Crippen molar-refractivity contribution in [2.24, 2.45) is 23.7 Å². The smallest absolute Gasteiger partial charge is 0.306 e. The van der Waals surface area contributed by atoms with E-state index in [1.54, 1.807) is 24.3 Å². The van der Waals surface area contributed by atoms with Crippen LogP contribution in [0.3, 0.4) is 0 Å². The molecule has 8 atom stereocenters. The summed E-state index contributed by atoms with van der Waals surface area (Å²) in [6.45, 7) is 7.91. The number of carbonyl (C=O) groups excluding carboxylic acids is 8. The van der Waals surface area contributed by atoms with Gasteiger partial charge in [-0.1, -0.05) is 149 Å². The lowest BCUT2D eigenvalue weighted by atomic mass is 9.95. The molecule has 4 aliphatic carbocycles. The molecule has 2 unspecified atom stereocenters. The zero-order chi connectivity index (χ0) is 69.5. The summed E-state index contributed by atoms with van der Waals surface area (Å²) in [6.07, 6.45) is 50.4. The Kier molecular flexibility index (Phi) is 36.8. The average Bonchev–Trinajstić information content (AvgIpc) is 1.79. The van der Waals surface area contributed by atoms with E-state index < -0.39 is 118 Å². The molecule has 16 heteroatoms. The highest BCUT2D eigenvalue weighted by atomic mass is 19.1. The Balaban J connectivity index is 1.29. The monoisotopic (exact) mass is 1330 g/mol. The standard InChI is InChI=1S/C80H100F4O12/c1-5-9-21-37-61-45-49-65-57(53-69(81)77(65)89)33-25-14-18-30-42-74(86)94-63(39-23-11-7-3)47-51-67-59(55-71(83)79(67)91)35-27-16-20-32-44-76(88)96-64(40-24-12-8-4)48-52-68-60(56-72(84)80(68)92)36-28-15-19-31-43-75(87)95-62(38-22-10-6-2)46-50-66-58(54-70(82)78(66)90)34-26-13-17-29-41-73(85)93-61/h9-16,21-28,49-64H,5-8,17-20,29-48H2,1-4H3/b21-9-,22-10-,23-11-,24-12-,25-14?,26-13?,27-16?,28-15?,65-49?,66-50?,67-51?,68-52?/t57-,58?,59?,60-,61-,62+,63+,64-/m0/s1. The molecule has 96 heavy (non-hydrogen) atoms. The predicted molar refractivity (Wildman–Crippen MR) is 368 cm³/mol. The van der Waals surface area contributed by atoms with E-state index in [1.807, 2.05) is 125 Å². The highest BCUT2D eigenvalue weighted by Crippen LogP contribution is 2.36. The summed E-state index contributed by atoms with van der Waals surface area (Å²) in [6, 6.07) is 0. The van der Waals surface area contributed by atoms with E-state index in [9.17, 15) is 55.9 Å². The van der Waals surface area contributed by atoms with Crippen molar-refractivity contribution in [1.82, 2.24) is 0 Å². The number of ether oxygens (including phenoxy) is 4. The largest absolute Gasteiger partial charge is 0.462 e. The molecular formula is C80H100F4O12. The van der Waals surface area contributed by atoms with Gasteiger partial charge in [-0.3, -0.25) is 38.4 Å². The van der Waals surface area contributed by atoms with Crippen molar-refractivity contribution < 1.29 is 74.9 Å². The normalized spacial score (nSPS) is 26.1. The molecule has 0 aromatic heterocycles. The Morgan fingerprint density at radius 3 is 0.719 bits per heavy atom. The number of Topliss-reactive ketones (excluding diaryl/α,β-unsaturated/α-hetero) is 4. The van der Waals surface area contributed by atoms with Crippen molar-refractivity contribution >= 4 is 47.0 Å². The molecule has 520 valence electrons. The Morgan fingerprint density at radius 2 is 0.521 bits per heavy atom. The van der Waals surface area contributed by atoms with Gasteiger partial charge in [-0.25, -0.2) is 17.6 Å². The second-order valence-electron chi connectivity index (χ2n) is 24.7. The maximum Gasteiger partial charge on any atom is 0.306 e. The first-order chi connectivity index (χ1) is 46.5. The summed E-state index contributed by atoms with van der Waals surface area (Å²) < 4.78 is 83.1. The van der Waals surface area contributed by atoms with Crippen LogP contribution < -0.4 is 0 Å². The number of fused-ring (bicyclic) bond motifs is 4. The van der Waals surface area contributed by atoms with Crippen LogP contribution in [0.15, 0.2) is 191 Å². The van der Waals surface area contributed by atoms with Crippen LogP contribution in [0.2, 0.25) is 0 Å². The van der Waals surface area contributed by atoms with Crippen LogP contribution in [0.1, 0.15) is 207 Å². The van der Waals surface area contributed by atoms with Gasteiger partial charge in [0.25, 0.3) is 0 Å². The molecule has 0 saturated carbocycles. The molecule has 1 heterocycles. The van der Waals surface area contributed by atoms with Crippen molar-refractivity contribution in [2.75, 3.05) is 0 Å². The lowest BCUT2D eigenvalue weighted by molar-refractivity contribution is -0.149. The number of ketones is 4. The Hall–Kier alpha value is -7.88. The predicted octanol–water partition coefficient (Wildman–Crippen LogP) is 19.0. The van der Waals surface area contributed by atoms with Crippen LogP contribution in [-0.2, 0) is 57.3 Å². The lowest BCUT2D eigenvalue weighted by Crippen LogP contribution is -2.18. The molecule has 0 fully saturated rings. The number of rotatable bonds is 12. The van der Waals surface area contributed by atoms with Crippen LogP contribution in [0.4, 0.5) is 17.6 Å². The molecule has 1 aliphatic heterocycles. The highest BCUT2D eigenvalue weighted by Gasteiger charge is 2.34. The van der Waals surface area contributed by atoms with Crippen molar-refractivity contribution in [1.29, 1.82) is 0 Å². The van der Waals surface area contributed by atoms with E-state index in [-0.39, 0.29) is 73.7 Å². The van der Waals surface area contributed by atoms with E-state index in [4.69, 9.17) is 18.9 Å². The first-order valence-electron chi connectivity index (χ1n) is 34.9. The molecule has 0 radical (unpaired) electrons. The Bertz CT molecular complexity index is 2750. The average molecular weight is 1330 g/mol. The minimum absolute atomic E-state index is 0.0968. The fourth-order valence-electron chi connectivity index (χ4n) is 11.7. The number of allylic oxidation sites excluding steroid dienone is 24. The zero-order valence-electron chi connectivity index (χ0n) is 56.7. The number of carbonyl (C=O) groups is 8. The van der Waals surface area contributed by atoms with Crippen LogP contribution >= 0.6 is 0 Å². The van der Waals surface area contributed by atoms with Gasteiger partial charge in [0, 0.05) is 123 Å². The lowest BCUT2D eigenvalue weighted by Gasteiger charge is -2.16. The summed E-state index contributed by atoms with van der Waals surface area (Å²) >= 11 is 0. The van der Waals surface area contributed by atoms with E-state index >= 15 is 0 Å². The Labute approximate surface area is 566 Å². The third kappa shape index (κ3) is 28.4. The topological polar surface area (TPSA) is 173 Å². The fourth-order valence-corrected chi connectivity index (χ4v) is 11.7. The summed E-state index contributed by atoms with van der Waals surface area (Å²) in [7, 11) is 0. The van der Waals surface area contributed by atoms with Crippen LogP contribution in [0.5, 0.6) is 0 Å². The van der Waals surface area contributed by atoms with Gasteiger partial charge in [-0.2, -0.15) is 0 Å². The van der Waals surface area contributed by atoms with Gasteiger partial charge in [0.15, 0.2) is 23.3 Å². The summed E-state index contributed by atoms with van der Waals surface area (Å²) in [5.41, 5.74) is 1.11. The maximum atomic E-state index is 14.9. The molecule has 0 saturated heterocycles. The van der Waals surface area contributed by atoms with Crippen molar-refractivity contribution in [2.45, 2.75) is 232 Å². The van der Waals surface area contributed by atoms with E-state index in [2.05, 4.69) is 0 Å². The summed E-state index contributed by atoms with van der Waals surface area (Å²) in [5, 5.41) is 0. The highest BCUT2D eigenvalue weighted by molar-refractivity contribution is 6.11. The summed E-state index contributed by atoms with van der Waals surface area (Å²) in [5.74, 6) is -10.1. The van der Waals surface area contributed by atoms with Crippen molar-refractivity contribution in [3.63, 3.8) is 0 Å². The molecular weight excluding hydrogens is 1230 g/mol. The molecule has 5 rings (SSSR count). The molecule has 0 spiro atoms. The third-order valence-corrected chi connectivity index (χ3v) is 16.9. The second-order valence-corrected chi connectivity index (χ2v) is 24.7. The van der Waals surface area contributed by atoms with Crippen molar-refractivity contribution in [3.8, 4) is 0 Å². The van der Waals surface area contributed by atoms with Gasteiger partial charge < -0.3 is 18.9 Å². The van der Waals surface area contributed by atoms with Gasteiger partial charge >= 0.3 is 23.9 Å². The molecule has 0 N–H and O–H groups in total. The van der Waals surface area contributed by atoms with Gasteiger partial charge in [0.1, 0.15) is 24.4 Å². The first-order valence-corrected chi connectivity index (χ1v) is 34.9. The summed E-state index contributed by atoms with van der Waals surface area (Å²) in [4.78, 5) is 105. The van der Waals surface area contributed by atoms with Gasteiger partial charge in [0.05, 0.1) is 0 Å². The van der Waals surface area contributed by atoms with E-state index in [1.165, 1.54) is 24.3 Å². The van der Waals surface area contributed by atoms with E-state index in [0.717, 1.165) is 25.7 Å². The fraction of sp³-hybridized carbons (Fsp3) is 0.500.